The molecule has 0 fully saturated rings. The predicted octanol–water partition coefficient (Wildman–Crippen LogP) is -0.601. The minimum absolute atomic E-state index is 0.306. The highest BCUT2D eigenvalue weighted by Crippen LogP contribution is 2.09. The Morgan fingerprint density at radius 3 is 2.71 bits per heavy atom. The molecule has 7 nitrogen and oxygen atoms in total. The largest absolute Gasteiger partial charge is 0.480 e. The van der Waals surface area contributed by atoms with Crippen molar-refractivity contribution in [3.63, 3.8) is 0 Å². The number of nitrogens with two attached hydrogens (primary N) is 1. The molecule has 17 heavy (non-hydrogen) atoms. The molecule has 1 aromatic heterocycles. The maximum atomic E-state index is 11.7. The molecule has 1 heterocycles. The van der Waals surface area contributed by atoms with E-state index in [4.69, 9.17) is 10.8 Å². The first kappa shape index (κ1) is 13.2. The van der Waals surface area contributed by atoms with Gasteiger partial charge in [0.2, 0.25) is 5.91 Å². The molecule has 0 radical (unpaired) electrons. The average Bonchev–Trinajstić information content (AvgIpc) is 2.70. The quantitative estimate of drug-likeness (QED) is 0.636. The minimum Gasteiger partial charge on any atom is -0.480 e. The molecule has 0 aromatic carbocycles. The number of nitrogens with one attached hydrogen (secondary N) is 1. The van der Waals surface area contributed by atoms with E-state index in [0.717, 1.165) is 0 Å². The van der Waals surface area contributed by atoms with Gasteiger partial charge in [-0.15, -0.1) is 0 Å². The van der Waals surface area contributed by atoms with Gasteiger partial charge < -0.3 is 16.2 Å². The van der Waals surface area contributed by atoms with Crippen LogP contribution < -0.4 is 11.1 Å². The second kappa shape index (κ2) is 5.44. The van der Waals surface area contributed by atoms with Gasteiger partial charge in [-0.05, 0) is 6.42 Å². The Kier molecular flexibility index (Phi) is 4.22. The van der Waals surface area contributed by atoms with Crippen LogP contribution in [-0.2, 0) is 16.6 Å². The van der Waals surface area contributed by atoms with Crippen LogP contribution in [0.3, 0.4) is 0 Å². The molecule has 94 valence electrons. The Morgan fingerprint density at radius 1 is 1.65 bits per heavy atom. The van der Waals surface area contributed by atoms with E-state index in [1.54, 1.807) is 20.2 Å². The Hall–Kier alpha value is -1.89. The summed E-state index contributed by atoms with van der Waals surface area (Å²) in [5, 5.41) is 15.1. The Bertz CT molecular complexity index is 415. The molecule has 0 saturated carbocycles. The van der Waals surface area contributed by atoms with Gasteiger partial charge in [-0.3, -0.25) is 9.48 Å². The van der Waals surface area contributed by atoms with Crippen LogP contribution in [0.1, 0.15) is 24.9 Å². The first-order valence-electron chi connectivity index (χ1n) is 5.23. The molecule has 1 aromatic rings. The molecule has 2 atom stereocenters. The van der Waals surface area contributed by atoms with Gasteiger partial charge in [-0.25, -0.2) is 4.79 Å². The molecule has 0 bridgehead atoms. The Labute approximate surface area is 98.6 Å². The monoisotopic (exact) mass is 240 g/mol. The zero-order valence-corrected chi connectivity index (χ0v) is 9.75. The van der Waals surface area contributed by atoms with Gasteiger partial charge in [0.25, 0.3) is 0 Å². The van der Waals surface area contributed by atoms with Crippen molar-refractivity contribution in [1.29, 1.82) is 0 Å². The van der Waals surface area contributed by atoms with E-state index in [0.29, 0.717) is 12.0 Å². The summed E-state index contributed by atoms with van der Waals surface area (Å²) in [6, 6.07) is -1.82. The first-order chi connectivity index (χ1) is 7.95. The van der Waals surface area contributed by atoms with E-state index in [2.05, 4.69) is 10.4 Å². The van der Waals surface area contributed by atoms with Crippen molar-refractivity contribution in [1.82, 2.24) is 15.1 Å². The standard InChI is InChI=1S/C10H16N4O3/c1-3-7(10(16)17)13-9(15)8(11)6-4-12-14(2)5-6/h4-5,7-8H,3,11H2,1-2H3,(H,13,15)(H,16,17). The predicted molar refractivity (Wildman–Crippen MR) is 60.0 cm³/mol. The number of aliphatic carboxylic acids is 1. The third-order valence-electron chi connectivity index (χ3n) is 2.39. The fourth-order valence-electron chi connectivity index (χ4n) is 1.35. The molecule has 0 aliphatic heterocycles. The molecule has 1 amide bonds. The second-order valence-electron chi connectivity index (χ2n) is 3.73. The summed E-state index contributed by atoms with van der Waals surface area (Å²) in [6.07, 6.45) is 3.40. The summed E-state index contributed by atoms with van der Waals surface area (Å²) >= 11 is 0. The topological polar surface area (TPSA) is 110 Å². The van der Waals surface area contributed by atoms with Crippen LogP contribution in [0.15, 0.2) is 12.4 Å². The summed E-state index contributed by atoms with van der Waals surface area (Å²) in [4.78, 5) is 22.4. The maximum absolute atomic E-state index is 11.7. The average molecular weight is 240 g/mol. The highest BCUT2D eigenvalue weighted by molar-refractivity contribution is 5.87. The lowest BCUT2D eigenvalue weighted by Gasteiger charge is -2.15. The second-order valence-corrected chi connectivity index (χ2v) is 3.73. The Morgan fingerprint density at radius 2 is 2.29 bits per heavy atom. The van der Waals surface area contributed by atoms with Gasteiger partial charge in [0.15, 0.2) is 0 Å². The number of carbonyl (C=O) groups excluding carboxylic acids is 1. The van der Waals surface area contributed by atoms with E-state index < -0.39 is 24.0 Å². The highest BCUT2D eigenvalue weighted by Gasteiger charge is 2.23. The van der Waals surface area contributed by atoms with Crippen LogP contribution in [0, 0.1) is 0 Å². The summed E-state index contributed by atoms with van der Waals surface area (Å²) in [5.74, 6) is -1.59. The van der Waals surface area contributed by atoms with E-state index >= 15 is 0 Å². The molecule has 7 heteroatoms. The smallest absolute Gasteiger partial charge is 0.326 e. The molecule has 4 N–H and O–H groups in total. The van der Waals surface area contributed by atoms with E-state index in [1.807, 2.05) is 0 Å². The van der Waals surface area contributed by atoms with Gasteiger partial charge in [-0.1, -0.05) is 6.92 Å². The van der Waals surface area contributed by atoms with E-state index in [-0.39, 0.29) is 0 Å². The summed E-state index contributed by atoms with van der Waals surface area (Å²) < 4.78 is 1.52. The molecular weight excluding hydrogens is 224 g/mol. The van der Waals surface area contributed by atoms with Crippen LogP contribution in [0.5, 0.6) is 0 Å². The molecule has 0 saturated heterocycles. The van der Waals surface area contributed by atoms with Crippen molar-refractivity contribution in [2.45, 2.75) is 25.4 Å². The number of amides is 1. The zero-order chi connectivity index (χ0) is 13.0. The molecule has 1 rings (SSSR count). The number of nitrogens with zero attached hydrogens (tertiary/aromatic N) is 2. The first-order valence-corrected chi connectivity index (χ1v) is 5.23. The van der Waals surface area contributed by atoms with Crippen LogP contribution in [-0.4, -0.2) is 32.8 Å². The van der Waals surface area contributed by atoms with Gasteiger partial charge in [0.1, 0.15) is 12.1 Å². The molecular formula is C10H16N4O3. The van der Waals surface area contributed by atoms with Crippen LogP contribution in [0.2, 0.25) is 0 Å². The van der Waals surface area contributed by atoms with Gasteiger partial charge in [-0.2, -0.15) is 5.10 Å². The van der Waals surface area contributed by atoms with Crippen LogP contribution in [0.4, 0.5) is 0 Å². The van der Waals surface area contributed by atoms with Crippen molar-refractivity contribution >= 4 is 11.9 Å². The summed E-state index contributed by atoms with van der Waals surface area (Å²) in [7, 11) is 1.71. The van der Waals surface area contributed by atoms with E-state index in [9.17, 15) is 9.59 Å². The number of rotatable bonds is 5. The molecule has 2 unspecified atom stereocenters. The zero-order valence-electron chi connectivity index (χ0n) is 9.75. The molecule has 0 aliphatic rings. The lowest BCUT2D eigenvalue weighted by atomic mass is 10.1. The highest BCUT2D eigenvalue weighted by atomic mass is 16.4. The summed E-state index contributed by atoms with van der Waals surface area (Å²) in [6.45, 7) is 1.68. The van der Waals surface area contributed by atoms with Gasteiger partial charge in [0, 0.05) is 18.8 Å². The summed E-state index contributed by atoms with van der Waals surface area (Å²) in [5.41, 5.74) is 6.24. The van der Waals surface area contributed by atoms with E-state index in [1.165, 1.54) is 10.9 Å². The van der Waals surface area contributed by atoms with Crippen molar-refractivity contribution in [2.24, 2.45) is 12.8 Å². The lowest BCUT2D eigenvalue weighted by molar-refractivity contribution is -0.142. The number of aryl methyl sites for hydroxylation is 1. The van der Waals surface area contributed by atoms with Gasteiger partial charge in [0.05, 0.1) is 6.20 Å². The number of aromatic nitrogens is 2. The lowest BCUT2D eigenvalue weighted by Crippen LogP contribution is -2.44. The van der Waals surface area contributed by atoms with Gasteiger partial charge >= 0.3 is 5.97 Å². The Balaban J connectivity index is 2.67. The van der Waals surface area contributed by atoms with Crippen molar-refractivity contribution in [2.75, 3.05) is 0 Å². The fourth-order valence-corrected chi connectivity index (χ4v) is 1.35. The fraction of sp³-hybridized carbons (Fsp3) is 0.500. The number of carbonyl (C=O) groups is 2. The number of carboxylic acid groups (broad SMARTS) is 1. The van der Waals surface area contributed by atoms with Crippen molar-refractivity contribution in [3.8, 4) is 0 Å². The number of carboxylic acids is 1. The third-order valence-corrected chi connectivity index (χ3v) is 2.39. The third kappa shape index (κ3) is 3.28. The van der Waals surface area contributed by atoms with Crippen molar-refractivity contribution in [3.05, 3.63) is 18.0 Å². The SMILES string of the molecule is CCC(NC(=O)C(N)c1cnn(C)c1)C(=O)O. The molecule has 0 spiro atoms. The maximum Gasteiger partial charge on any atom is 0.326 e. The molecule has 0 aliphatic carbocycles. The van der Waals surface area contributed by atoms with Crippen molar-refractivity contribution < 1.29 is 14.7 Å². The van der Waals surface area contributed by atoms with Crippen LogP contribution >= 0.6 is 0 Å². The minimum atomic E-state index is -1.07. The number of hydrogen-bond donors (Lipinski definition) is 3. The van der Waals surface area contributed by atoms with Crippen LogP contribution in [0.25, 0.3) is 0 Å². The number of hydrogen-bond acceptors (Lipinski definition) is 4. The normalized spacial score (nSPS) is 14.1.